The van der Waals surface area contributed by atoms with E-state index in [1.165, 1.54) is 39.5 Å². The predicted molar refractivity (Wildman–Crippen MR) is 109 cm³/mol. The van der Waals surface area contributed by atoms with Gasteiger partial charge in [-0.3, -0.25) is 19.8 Å². The van der Waals surface area contributed by atoms with E-state index in [0.29, 0.717) is 23.5 Å². The van der Waals surface area contributed by atoms with Crippen molar-refractivity contribution < 1.29 is 33.0 Å². The fourth-order valence-electron chi connectivity index (χ4n) is 3.18. The molecule has 0 radical (unpaired) electrons. The molecule has 9 heteroatoms. The number of carbonyl (C=O) groups excluding carboxylic acids is 3. The number of nitrogens with one attached hydrogen (secondary N) is 1. The highest BCUT2D eigenvalue weighted by atomic mass is 19.1. The molecule has 162 valence electrons. The minimum atomic E-state index is -0.815. The van der Waals surface area contributed by atoms with Gasteiger partial charge in [-0.15, -0.1) is 0 Å². The van der Waals surface area contributed by atoms with Gasteiger partial charge in [-0.25, -0.2) is 9.18 Å². The van der Waals surface area contributed by atoms with Crippen LogP contribution < -0.4 is 19.5 Å². The lowest BCUT2D eigenvalue weighted by Gasteiger charge is -2.26. The number of imide groups is 2. The number of methoxy groups -OCH3 is 3. The Bertz CT molecular complexity index is 1050. The average molecular weight is 428 g/mol. The SMILES string of the molecule is COc1ccc(/C=C2\C(=O)NC(=O)N(CCc3ccc(F)cc3)C2=O)c(OC)c1OC. The Morgan fingerprint density at radius 3 is 2.23 bits per heavy atom. The number of rotatable bonds is 7. The molecular weight excluding hydrogens is 407 g/mol. The second-order valence-corrected chi connectivity index (χ2v) is 6.57. The number of halogens is 1. The van der Waals surface area contributed by atoms with Gasteiger partial charge in [0.1, 0.15) is 11.4 Å². The molecule has 0 unspecified atom stereocenters. The van der Waals surface area contributed by atoms with Gasteiger partial charge in [0.2, 0.25) is 5.75 Å². The number of urea groups is 1. The predicted octanol–water partition coefficient (Wildman–Crippen LogP) is 2.56. The van der Waals surface area contributed by atoms with E-state index >= 15 is 0 Å². The minimum absolute atomic E-state index is 0.0178. The van der Waals surface area contributed by atoms with Crippen molar-refractivity contribution in [2.45, 2.75) is 6.42 Å². The second kappa shape index (κ2) is 9.29. The number of hydrogen-bond donors (Lipinski definition) is 1. The van der Waals surface area contributed by atoms with Gasteiger partial charge in [0, 0.05) is 12.1 Å². The average Bonchev–Trinajstić information content (AvgIpc) is 2.76. The van der Waals surface area contributed by atoms with Crippen molar-refractivity contribution >= 4 is 23.9 Å². The summed E-state index contributed by atoms with van der Waals surface area (Å²) in [5, 5.41) is 2.17. The first-order valence-corrected chi connectivity index (χ1v) is 9.31. The lowest BCUT2D eigenvalue weighted by atomic mass is 10.0. The molecule has 0 aliphatic carbocycles. The van der Waals surface area contributed by atoms with Crippen LogP contribution in [-0.4, -0.2) is 50.6 Å². The zero-order valence-corrected chi connectivity index (χ0v) is 17.2. The second-order valence-electron chi connectivity index (χ2n) is 6.57. The van der Waals surface area contributed by atoms with Crippen LogP contribution in [0.4, 0.5) is 9.18 Å². The van der Waals surface area contributed by atoms with Crippen molar-refractivity contribution in [1.29, 1.82) is 0 Å². The Labute approximate surface area is 178 Å². The molecule has 3 rings (SSSR count). The Morgan fingerprint density at radius 1 is 0.935 bits per heavy atom. The first kappa shape index (κ1) is 21.8. The number of nitrogens with zero attached hydrogens (tertiary/aromatic N) is 1. The first-order chi connectivity index (χ1) is 14.9. The zero-order valence-electron chi connectivity index (χ0n) is 17.2. The maximum absolute atomic E-state index is 13.1. The molecule has 1 aliphatic heterocycles. The summed E-state index contributed by atoms with van der Waals surface area (Å²) in [5.74, 6) is -0.957. The van der Waals surface area contributed by atoms with Crippen LogP contribution in [0.25, 0.3) is 6.08 Å². The molecule has 1 fully saturated rings. The van der Waals surface area contributed by atoms with Crippen LogP contribution in [0.3, 0.4) is 0 Å². The lowest BCUT2D eigenvalue weighted by molar-refractivity contribution is -0.130. The molecule has 1 heterocycles. The van der Waals surface area contributed by atoms with Crippen molar-refractivity contribution in [2.75, 3.05) is 27.9 Å². The van der Waals surface area contributed by atoms with Gasteiger partial charge < -0.3 is 14.2 Å². The van der Waals surface area contributed by atoms with Crippen molar-refractivity contribution in [3.8, 4) is 17.2 Å². The lowest BCUT2D eigenvalue weighted by Crippen LogP contribution is -2.54. The maximum atomic E-state index is 13.1. The number of carbonyl (C=O) groups is 3. The van der Waals surface area contributed by atoms with Gasteiger partial charge in [0.25, 0.3) is 11.8 Å². The van der Waals surface area contributed by atoms with Gasteiger partial charge in [-0.05, 0) is 42.3 Å². The van der Waals surface area contributed by atoms with E-state index < -0.39 is 17.8 Å². The normalized spacial score (nSPS) is 15.2. The zero-order chi connectivity index (χ0) is 22.5. The quantitative estimate of drug-likeness (QED) is 0.538. The molecule has 31 heavy (non-hydrogen) atoms. The molecule has 0 atom stereocenters. The van der Waals surface area contributed by atoms with Crippen LogP contribution in [0.2, 0.25) is 0 Å². The monoisotopic (exact) mass is 428 g/mol. The molecule has 2 aromatic carbocycles. The fraction of sp³-hybridized carbons (Fsp3) is 0.227. The molecule has 1 aliphatic rings. The van der Waals surface area contributed by atoms with Gasteiger partial charge >= 0.3 is 6.03 Å². The molecular formula is C22H21FN2O6. The summed E-state index contributed by atoms with van der Waals surface area (Å²) in [5.41, 5.74) is 0.904. The van der Waals surface area contributed by atoms with Crippen LogP contribution in [-0.2, 0) is 16.0 Å². The largest absolute Gasteiger partial charge is 0.493 e. The number of amides is 4. The standard InChI is InChI=1S/C22H21FN2O6/c1-29-17-9-6-14(18(30-2)19(17)31-3)12-16-20(26)24-22(28)25(21(16)27)11-10-13-4-7-15(23)8-5-13/h4-9,12H,10-11H2,1-3H3,(H,24,26,28)/b16-12+. The molecule has 0 saturated carbocycles. The molecule has 1 N–H and O–H groups in total. The highest BCUT2D eigenvalue weighted by Crippen LogP contribution is 2.40. The van der Waals surface area contributed by atoms with E-state index in [-0.39, 0.29) is 23.7 Å². The highest BCUT2D eigenvalue weighted by molar-refractivity contribution is 6.31. The summed E-state index contributed by atoms with van der Waals surface area (Å²) in [4.78, 5) is 38.4. The Hall–Kier alpha value is -3.88. The molecule has 1 saturated heterocycles. The van der Waals surface area contributed by atoms with Gasteiger partial charge in [0.05, 0.1) is 21.3 Å². The van der Waals surface area contributed by atoms with E-state index in [2.05, 4.69) is 5.32 Å². The summed E-state index contributed by atoms with van der Waals surface area (Å²) in [6.07, 6.45) is 1.64. The molecule has 0 spiro atoms. The molecule has 2 aromatic rings. The smallest absolute Gasteiger partial charge is 0.331 e. The van der Waals surface area contributed by atoms with Crippen molar-refractivity contribution in [3.05, 3.63) is 58.9 Å². The van der Waals surface area contributed by atoms with E-state index in [1.54, 1.807) is 24.3 Å². The number of ether oxygens (including phenoxy) is 3. The third-order valence-corrected chi connectivity index (χ3v) is 4.76. The van der Waals surface area contributed by atoms with Crippen LogP contribution in [0, 0.1) is 5.82 Å². The summed E-state index contributed by atoms with van der Waals surface area (Å²) in [6.45, 7) is 0.0178. The van der Waals surface area contributed by atoms with E-state index in [9.17, 15) is 18.8 Å². The highest BCUT2D eigenvalue weighted by Gasteiger charge is 2.35. The van der Waals surface area contributed by atoms with Crippen LogP contribution >= 0.6 is 0 Å². The van der Waals surface area contributed by atoms with Crippen LogP contribution in [0.15, 0.2) is 42.0 Å². The van der Waals surface area contributed by atoms with E-state index in [4.69, 9.17) is 14.2 Å². The fourth-order valence-corrected chi connectivity index (χ4v) is 3.18. The van der Waals surface area contributed by atoms with E-state index in [1.807, 2.05) is 0 Å². The Balaban J connectivity index is 1.91. The topological polar surface area (TPSA) is 94.2 Å². The molecule has 0 aromatic heterocycles. The summed E-state index contributed by atoms with van der Waals surface area (Å²) in [6, 6.07) is 8.13. The van der Waals surface area contributed by atoms with Crippen LogP contribution in [0.5, 0.6) is 17.2 Å². The van der Waals surface area contributed by atoms with Crippen LogP contribution in [0.1, 0.15) is 11.1 Å². The van der Waals surface area contributed by atoms with Gasteiger partial charge in [-0.2, -0.15) is 0 Å². The number of benzene rings is 2. The van der Waals surface area contributed by atoms with Crippen molar-refractivity contribution in [3.63, 3.8) is 0 Å². The minimum Gasteiger partial charge on any atom is -0.493 e. The summed E-state index contributed by atoms with van der Waals surface area (Å²) >= 11 is 0. The number of barbiturate groups is 1. The third-order valence-electron chi connectivity index (χ3n) is 4.76. The summed E-state index contributed by atoms with van der Waals surface area (Å²) in [7, 11) is 4.32. The van der Waals surface area contributed by atoms with Gasteiger partial charge in [-0.1, -0.05) is 12.1 Å². The van der Waals surface area contributed by atoms with E-state index in [0.717, 1.165) is 10.5 Å². The third kappa shape index (κ3) is 4.50. The van der Waals surface area contributed by atoms with Gasteiger partial charge in [0.15, 0.2) is 11.5 Å². The molecule has 0 bridgehead atoms. The molecule has 8 nitrogen and oxygen atoms in total. The van der Waals surface area contributed by atoms with Crippen molar-refractivity contribution in [2.24, 2.45) is 0 Å². The summed E-state index contributed by atoms with van der Waals surface area (Å²) < 4.78 is 29.0. The maximum Gasteiger partial charge on any atom is 0.331 e. The number of hydrogen-bond acceptors (Lipinski definition) is 6. The Kier molecular flexibility index (Phi) is 6.54. The first-order valence-electron chi connectivity index (χ1n) is 9.31. The Morgan fingerprint density at radius 2 is 1.61 bits per heavy atom. The van der Waals surface area contributed by atoms with Crippen molar-refractivity contribution in [1.82, 2.24) is 10.2 Å². The molecule has 4 amide bonds.